The fraction of sp³-hybridized carbons (Fsp3) is 0.500. The predicted molar refractivity (Wildman–Crippen MR) is 62.4 cm³/mol. The molecule has 0 heterocycles. The Balaban J connectivity index is 3.97. The third-order valence-electron chi connectivity index (χ3n) is 1.84. The minimum absolute atomic E-state index is 0.0154. The predicted octanol–water partition coefficient (Wildman–Crippen LogP) is 1.90. The molecule has 0 aliphatic carbocycles. The van der Waals surface area contributed by atoms with Gasteiger partial charge >= 0.3 is 5.97 Å². The number of carbonyl (C=O) groups excluding carboxylic acids is 1. The van der Waals surface area contributed by atoms with E-state index in [1.54, 1.807) is 6.07 Å². The largest absolute Gasteiger partial charge is 0.457 e. The van der Waals surface area contributed by atoms with E-state index in [0.717, 1.165) is 25.8 Å². The van der Waals surface area contributed by atoms with Crippen molar-refractivity contribution in [2.75, 3.05) is 13.2 Å². The first-order chi connectivity index (χ1) is 7.76. The van der Waals surface area contributed by atoms with Crippen LogP contribution in [0, 0.1) is 11.3 Å². The highest BCUT2D eigenvalue weighted by atomic mass is 16.5. The van der Waals surface area contributed by atoms with Crippen LogP contribution in [-0.4, -0.2) is 19.1 Å². The SMILES string of the molecule is C=CCOC(=O)/C(C#N)=C/NCCCCC. The zero-order valence-electron chi connectivity index (χ0n) is 9.66. The fourth-order valence-corrected chi connectivity index (χ4v) is 1.00. The highest BCUT2D eigenvalue weighted by Crippen LogP contribution is 1.96. The zero-order chi connectivity index (χ0) is 12.2. The lowest BCUT2D eigenvalue weighted by molar-refractivity contribution is -0.137. The van der Waals surface area contributed by atoms with Crippen molar-refractivity contribution in [1.29, 1.82) is 5.26 Å². The molecule has 0 saturated carbocycles. The van der Waals surface area contributed by atoms with Gasteiger partial charge in [-0.1, -0.05) is 32.4 Å². The molecule has 0 radical (unpaired) electrons. The lowest BCUT2D eigenvalue weighted by atomic mass is 10.2. The van der Waals surface area contributed by atoms with E-state index in [0.29, 0.717) is 0 Å². The molecule has 0 amide bonds. The summed E-state index contributed by atoms with van der Waals surface area (Å²) in [5.41, 5.74) is -0.0154. The van der Waals surface area contributed by atoms with Crippen LogP contribution in [0.15, 0.2) is 24.4 Å². The van der Waals surface area contributed by atoms with Crippen LogP contribution in [0.4, 0.5) is 0 Å². The third-order valence-corrected chi connectivity index (χ3v) is 1.84. The number of rotatable bonds is 8. The van der Waals surface area contributed by atoms with Crippen molar-refractivity contribution in [3.05, 3.63) is 24.4 Å². The van der Waals surface area contributed by atoms with Gasteiger partial charge < -0.3 is 10.1 Å². The summed E-state index contributed by atoms with van der Waals surface area (Å²) in [5, 5.41) is 11.6. The van der Waals surface area contributed by atoms with Gasteiger partial charge in [0, 0.05) is 12.7 Å². The molecule has 0 aliphatic rings. The van der Waals surface area contributed by atoms with E-state index < -0.39 is 5.97 Å². The van der Waals surface area contributed by atoms with Gasteiger partial charge in [0.05, 0.1) is 0 Å². The van der Waals surface area contributed by atoms with E-state index >= 15 is 0 Å². The quantitative estimate of drug-likeness (QED) is 0.224. The van der Waals surface area contributed by atoms with Gasteiger partial charge in [0.1, 0.15) is 12.7 Å². The minimum atomic E-state index is -0.620. The second-order valence-electron chi connectivity index (χ2n) is 3.22. The van der Waals surface area contributed by atoms with Crippen LogP contribution >= 0.6 is 0 Å². The molecule has 0 spiro atoms. The summed E-state index contributed by atoms with van der Waals surface area (Å²) in [7, 11) is 0. The molecule has 0 atom stereocenters. The highest BCUT2D eigenvalue weighted by Gasteiger charge is 2.08. The first-order valence-electron chi connectivity index (χ1n) is 5.38. The number of esters is 1. The monoisotopic (exact) mass is 222 g/mol. The van der Waals surface area contributed by atoms with Gasteiger partial charge in [0.25, 0.3) is 0 Å². The van der Waals surface area contributed by atoms with Gasteiger partial charge in [0.2, 0.25) is 0 Å². The molecule has 1 N–H and O–H groups in total. The molecule has 0 aliphatic heterocycles. The van der Waals surface area contributed by atoms with Crippen molar-refractivity contribution in [2.45, 2.75) is 26.2 Å². The molecule has 0 aromatic rings. The van der Waals surface area contributed by atoms with Gasteiger partial charge in [-0.25, -0.2) is 4.79 Å². The van der Waals surface area contributed by atoms with E-state index in [4.69, 9.17) is 10.00 Å². The maximum Gasteiger partial charge on any atom is 0.350 e. The second kappa shape index (κ2) is 9.78. The smallest absolute Gasteiger partial charge is 0.350 e. The standard InChI is InChI=1S/C12H18N2O2/c1-3-5-6-7-14-10-11(9-13)12(15)16-8-4-2/h4,10,14H,2-3,5-8H2,1H3/b11-10+. The Morgan fingerprint density at radius 2 is 2.31 bits per heavy atom. The summed E-state index contributed by atoms with van der Waals surface area (Å²) in [6.07, 6.45) is 6.15. The Labute approximate surface area is 96.6 Å². The molecule has 0 bridgehead atoms. The molecule has 4 nitrogen and oxygen atoms in total. The van der Waals surface area contributed by atoms with Crippen molar-refractivity contribution in [3.63, 3.8) is 0 Å². The number of hydrogen-bond acceptors (Lipinski definition) is 4. The molecule has 0 aromatic heterocycles. The average Bonchev–Trinajstić information content (AvgIpc) is 2.31. The Morgan fingerprint density at radius 1 is 1.56 bits per heavy atom. The Morgan fingerprint density at radius 3 is 2.88 bits per heavy atom. The summed E-state index contributed by atoms with van der Waals surface area (Å²) >= 11 is 0. The molecule has 88 valence electrons. The number of nitriles is 1. The maximum atomic E-state index is 11.3. The zero-order valence-corrected chi connectivity index (χ0v) is 9.66. The topological polar surface area (TPSA) is 62.1 Å². The van der Waals surface area contributed by atoms with E-state index in [9.17, 15) is 4.79 Å². The van der Waals surface area contributed by atoms with Crippen LogP contribution in [0.5, 0.6) is 0 Å². The summed E-state index contributed by atoms with van der Waals surface area (Å²) in [6, 6.07) is 1.79. The number of nitrogens with zero attached hydrogens (tertiary/aromatic N) is 1. The van der Waals surface area contributed by atoms with Crippen LogP contribution < -0.4 is 5.32 Å². The summed E-state index contributed by atoms with van der Waals surface area (Å²) in [4.78, 5) is 11.3. The average molecular weight is 222 g/mol. The number of nitrogens with one attached hydrogen (secondary N) is 1. The van der Waals surface area contributed by atoms with Gasteiger partial charge in [-0.3, -0.25) is 0 Å². The van der Waals surface area contributed by atoms with Crippen molar-refractivity contribution in [1.82, 2.24) is 5.32 Å². The van der Waals surface area contributed by atoms with Crippen LogP contribution in [0.25, 0.3) is 0 Å². The van der Waals surface area contributed by atoms with Gasteiger partial charge in [-0.05, 0) is 6.42 Å². The van der Waals surface area contributed by atoms with E-state index in [1.165, 1.54) is 12.3 Å². The fourth-order valence-electron chi connectivity index (χ4n) is 1.00. The second-order valence-corrected chi connectivity index (χ2v) is 3.22. The van der Waals surface area contributed by atoms with E-state index in [2.05, 4.69) is 18.8 Å². The lowest BCUT2D eigenvalue weighted by Crippen LogP contribution is -2.13. The number of carbonyl (C=O) groups is 1. The Bertz CT molecular complexity index is 290. The molecule has 16 heavy (non-hydrogen) atoms. The Kier molecular flexibility index (Phi) is 8.71. The van der Waals surface area contributed by atoms with E-state index in [-0.39, 0.29) is 12.2 Å². The van der Waals surface area contributed by atoms with Gasteiger partial charge in [0.15, 0.2) is 5.57 Å². The van der Waals surface area contributed by atoms with Crippen LogP contribution in [0.2, 0.25) is 0 Å². The van der Waals surface area contributed by atoms with Crippen molar-refractivity contribution < 1.29 is 9.53 Å². The van der Waals surface area contributed by atoms with Crippen molar-refractivity contribution in [2.24, 2.45) is 0 Å². The lowest BCUT2D eigenvalue weighted by Gasteiger charge is -2.02. The maximum absolute atomic E-state index is 11.3. The van der Waals surface area contributed by atoms with Crippen molar-refractivity contribution >= 4 is 5.97 Å². The molecule has 0 fully saturated rings. The van der Waals surface area contributed by atoms with Gasteiger partial charge in [-0.2, -0.15) is 5.26 Å². The molecule has 0 unspecified atom stereocenters. The first-order valence-corrected chi connectivity index (χ1v) is 5.38. The summed E-state index contributed by atoms with van der Waals surface area (Å²) in [6.45, 7) is 6.41. The van der Waals surface area contributed by atoms with Crippen LogP contribution in [0.3, 0.4) is 0 Å². The third kappa shape index (κ3) is 6.66. The molecule has 0 saturated heterocycles. The highest BCUT2D eigenvalue weighted by molar-refractivity contribution is 5.92. The Hall–Kier alpha value is -1.76. The molecule has 0 rings (SSSR count). The van der Waals surface area contributed by atoms with E-state index in [1.807, 2.05) is 0 Å². The normalized spacial score (nSPS) is 10.4. The van der Waals surface area contributed by atoms with Crippen LogP contribution in [-0.2, 0) is 9.53 Å². The summed E-state index contributed by atoms with van der Waals surface area (Å²) < 4.78 is 4.73. The molecule has 0 aromatic carbocycles. The number of ether oxygens (including phenoxy) is 1. The van der Waals surface area contributed by atoms with Crippen LogP contribution in [0.1, 0.15) is 26.2 Å². The first kappa shape index (κ1) is 14.2. The van der Waals surface area contributed by atoms with Gasteiger partial charge in [-0.15, -0.1) is 0 Å². The van der Waals surface area contributed by atoms with Crippen molar-refractivity contribution in [3.8, 4) is 6.07 Å². The number of hydrogen-bond donors (Lipinski definition) is 1. The number of unbranched alkanes of at least 4 members (excludes halogenated alkanes) is 2. The summed E-state index contributed by atoms with van der Waals surface area (Å²) in [5.74, 6) is -0.620. The molecular formula is C12H18N2O2. The minimum Gasteiger partial charge on any atom is -0.457 e. The molecular weight excluding hydrogens is 204 g/mol. The molecule has 4 heteroatoms.